The van der Waals surface area contributed by atoms with Crippen molar-refractivity contribution in [2.45, 2.75) is 56.9 Å². The van der Waals surface area contributed by atoms with Gasteiger partial charge in [-0.3, -0.25) is 4.90 Å². The molecule has 1 aliphatic carbocycles. The van der Waals surface area contributed by atoms with Crippen LogP contribution in [0.3, 0.4) is 0 Å². The second-order valence-corrected chi connectivity index (χ2v) is 9.80. The summed E-state index contributed by atoms with van der Waals surface area (Å²) >= 11 is 0. The summed E-state index contributed by atoms with van der Waals surface area (Å²) in [5, 5.41) is 0. The Morgan fingerprint density at radius 2 is 1.19 bits per heavy atom. The van der Waals surface area contributed by atoms with Crippen LogP contribution in [-0.2, 0) is 0 Å². The third-order valence-electron chi connectivity index (χ3n) is 7.97. The van der Waals surface area contributed by atoms with Crippen molar-refractivity contribution < 1.29 is 0 Å². The van der Waals surface area contributed by atoms with Gasteiger partial charge in [-0.05, 0) is 61.4 Å². The Morgan fingerprint density at radius 3 is 1.78 bits per heavy atom. The van der Waals surface area contributed by atoms with Crippen LogP contribution in [0.2, 0.25) is 0 Å². The molecule has 2 saturated heterocycles. The maximum absolute atomic E-state index is 7.12. The Balaban J connectivity index is 1.10. The molecule has 3 fully saturated rings. The third-order valence-corrected chi connectivity index (χ3v) is 7.97. The van der Waals surface area contributed by atoms with Gasteiger partial charge >= 0.3 is 0 Å². The molecule has 4 heteroatoms. The molecule has 32 heavy (non-hydrogen) atoms. The van der Waals surface area contributed by atoms with E-state index < -0.39 is 0 Å². The fraction of sp³-hybridized carbons (Fsp3) is 0.536. The lowest BCUT2D eigenvalue weighted by molar-refractivity contribution is 0.160. The van der Waals surface area contributed by atoms with Crippen molar-refractivity contribution in [2.75, 3.05) is 49.1 Å². The summed E-state index contributed by atoms with van der Waals surface area (Å²) in [5.74, 6) is 0.797. The van der Waals surface area contributed by atoms with Crippen molar-refractivity contribution >= 4 is 17.1 Å². The van der Waals surface area contributed by atoms with E-state index in [1.165, 1.54) is 69.4 Å². The largest absolute Gasteiger partial charge is 0.371 e. The van der Waals surface area contributed by atoms with Crippen LogP contribution in [0.15, 0.2) is 48.5 Å². The molecule has 0 radical (unpaired) electrons. The van der Waals surface area contributed by atoms with Gasteiger partial charge in [-0.1, -0.05) is 43.5 Å². The Hall–Kier alpha value is -2.51. The van der Waals surface area contributed by atoms with E-state index in [1.54, 1.807) is 5.56 Å². The topological polar surface area (TPSA) is 14.1 Å². The van der Waals surface area contributed by atoms with E-state index in [-0.39, 0.29) is 0 Å². The van der Waals surface area contributed by atoms with Gasteiger partial charge < -0.3 is 9.80 Å². The number of piperidine rings is 1. The number of nitrogens with zero attached hydrogens (tertiary/aromatic N) is 4. The number of rotatable bonds is 4. The predicted octanol–water partition coefficient (Wildman–Crippen LogP) is 6.08. The lowest BCUT2D eigenvalue weighted by Crippen LogP contribution is -2.53. The lowest BCUT2D eigenvalue weighted by atomic mass is 9.84. The van der Waals surface area contributed by atoms with Gasteiger partial charge in [0.05, 0.1) is 6.57 Å². The second-order valence-electron chi connectivity index (χ2n) is 9.80. The molecule has 0 atom stereocenters. The number of hydrogen-bond donors (Lipinski definition) is 0. The van der Waals surface area contributed by atoms with Crippen molar-refractivity contribution in [2.24, 2.45) is 0 Å². The van der Waals surface area contributed by atoms with Gasteiger partial charge in [0, 0.05) is 56.7 Å². The minimum Gasteiger partial charge on any atom is -0.371 e. The summed E-state index contributed by atoms with van der Waals surface area (Å²) in [5.41, 5.74) is 4.95. The van der Waals surface area contributed by atoms with Crippen LogP contribution in [0.4, 0.5) is 17.1 Å². The molecule has 0 unspecified atom stereocenters. The molecule has 1 saturated carbocycles. The first-order chi connectivity index (χ1) is 15.8. The fourth-order valence-corrected chi connectivity index (χ4v) is 5.97. The number of benzene rings is 2. The van der Waals surface area contributed by atoms with Gasteiger partial charge in [-0.15, -0.1) is 0 Å². The molecule has 2 aromatic carbocycles. The lowest BCUT2D eigenvalue weighted by Gasteiger charge is -2.44. The summed E-state index contributed by atoms with van der Waals surface area (Å²) in [6, 6.07) is 18.3. The van der Waals surface area contributed by atoms with Crippen LogP contribution < -0.4 is 9.80 Å². The zero-order valence-corrected chi connectivity index (χ0v) is 19.3. The summed E-state index contributed by atoms with van der Waals surface area (Å²) in [7, 11) is 0. The Labute approximate surface area is 193 Å². The van der Waals surface area contributed by atoms with Crippen LogP contribution in [0.25, 0.3) is 4.85 Å². The van der Waals surface area contributed by atoms with Gasteiger partial charge in [0.2, 0.25) is 0 Å². The molecule has 3 aliphatic rings. The molecule has 5 rings (SSSR count). The zero-order valence-electron chi connectivity index (χ0n) is 19.3. The Morgan fingerprint density at radius 1 is 0.625 bits per heavy atom. The molecule has 2 aliphatic heterocycles. The molecule has 4 nitrogen and oxygen atoms in total. The molecule has 0 N–H and O–H groups in total. The van der Waals surface area contributed by atoms with Crippen LogP contribution in [0, 0.1) is 6.57 Å². The number of hydrogen-bond acceptors (Lipinski definition) is 3. The highest BCUT2D eigenvalue weighted by Crippen LogP contribution is 2.33. The second kappa shape index (κ2) is 9.96. The summed E-state index contributed by atoms with van der Waals surface area (Å²) in [4.78, 5) is 11.3. The molecule has 0 amide bonds. The average Bonchev–Trinajstić information content (AvgIpc) is 2.90. The standard InChI is InChI=1S/C28H36N4/c1-29-25-9-13-27(14-10-25)30-17-15-28(16-18-30)32-21-19-31(20-22-32)26-11-7-24(8-12-26)23-5-3-2-4-6-23/h7-14,23,28H,2-6,15-22H2. The Kier molecular flexibility index (Phi) is 6.64. The van der Waals surface area contributed by atoms with Crippen molar-refractivity contribution in [3.8, 4) is 0 Å². The first-order valence-electron chi connectivity index (χ1n) is 12.6. The molecule has 2 heterocycles. The van der Waals surface area contributed by atoms with Crippen LogP contribution in [0.1, 0.15) is 56.4 Å². The fourth-order valence-electron chi connectivity index (χ4n) is 5.97. The summed E-state index contributed by atoms with van der Waals surface area (Å²) in [6.45, 7) is 14.0. The average molecular weight is 429 g/mol. The first-order valence-corrected chi connectivity index (χ1v) is 12.6. The molecule has 0 spiro atoms. The maximum atomic E-state index is 7.12. The van der Waals surface area contributed by atoms with Crippen molar-refractivity contribution in [3.05, 3.63) is 65.5 Å². The van der Waals surface area contributed by atoms with Gasteiger partial charge in [0.25, 0.3) is 0 Å². The summed E-state index contributed by atoms with van der Waals surface area (Å²) in [6.07, 6.45) is 9.46. The van der Waals surface area contributed by atoms with E-state index in [0.29, 0.717) is 6.04 Å². The molecule has 0 aromatic heterocycles. The van der Waals surface area contributed by atoms with Gasteiger partial charge in [-0.25, -0.2) is 4.85 Å². The smallest absolute Gasteiger partial charge is 0.187 e. The van der Waals surface area contributed by atoms with E-state index in [9.17, 15) is 0 Å². The highest BCUT2D eigenvalue weighted by atomic mass is 15.3. The molecular formula is C28H36N4. The van der Waals surface area contributed by atoms with Crippen molar-refractivity contribution in [3.63, 3.8) is 0 Å². The van der Waals surface area contributed by atoms with E-state index >= 15 is 0 Å². The maximum Gasteiger partial charge on any atom is 0.187 e. The highest BCUT2D eigenvalue weighted by Gasteiger charge is 2.27. The van der Waals surface area contributed by atoms with Crippen molar-refractivity contribution in [1.29, 1.82) is 0 Å². The van der Waals surface area contributed by atoms with E-state index in [2.05, 4.69) is 55.9 Å². The van der Waals surface area contributed by atoms with Crippen molar-refractivity contribution in [1.82, 2.24) is 4.90 Å². The zero-order chi connectivity index (χ0) is 21.8. The number of anilines is 2. The normalized spacial score (nSPS) is 21.5. The minimum absolute atomic E-state index is 0.713. The quantitative estimate of drug-likeness (QED) is 0.549. The SMILES string of the molecule is [C-]#[N+]c1ccc(N2CCC(N3CCN(c4ccc(C5CCCCC5)cc4)CC3)CC2)cc1. The van der Waals surface area contributed by atoms with Crippen LogP contribution in [-0.4, -0.2) is 50.2 Å². The van der Waals surface area contributed by atoms with Gasteiger partial charge in [0.1, 0.15) is 0 Å². The van der Waals surface area contributed by atoms with Crippen LogP contribution >= 0.6 is 0 Å². The minimum atomic E-state index is 0.713. The highest BCUT2D eigenvalue weighted by molar-refractivity contribution is 5.55. The molecule has 2 aromatic rings. The molecule has 0 bridgehead atoms. The summed E-state index contributed by atoms with van der Waals surface area (Å²) < 4.78 is 0. The third kappa shape index (κ3) is 4.79. The Bertz CT molecular complexity index is 892. The van der Waals surface area contributed by atoms with E-state index in [1.807, 2.05) is 12.1 Å². The van der Waals surface area contributed by atoms with Gasteiger partial charge in [-0.2, -0.15) is 0 Å². The number of piperazine rings is 1. The van der Waals surface area contributed by atoms with E-state index in [4.69, 9.17) is 6.57 Å². The first kappa shape index (κ1) is 21.3. The monoisotopic (exact) mass is 428 g/mol. The van der Waals surface area contributed by atoms with Crippen LogP contribution in [0.5, 0.6) is 0 Å². The molecular weight excluding hydrogens is 392 g/mol. The van der Waals surface area contributed by atoms with Gasteiger partial charge in [0.15, 0.2) is 5.69 Å². The molecule has 168 valence electrons. The predicted molar refractivity (Wildman–Crippen MR) is 134 cm³/mol. The van der Waals surface area contributed by atoms with E-state index in [0.717, 1.165) is 37.8 Å².